The minimum Gasteiger partial charge on any atom is -0.507 e. The number of amides is 1. The largest absolute Gasteiger partial charge is 0.507 e. The van der Waals surface area contributed by atoms with Crippen LogP contribution in [0.5, 0.6) is 5.75 Å². The molecule has 7 heteroatoms. The average Bonchev–Trinajstić information content (AvgIpc) is 3.06. The molecule has 4 rings (SSSR count). The Morgan fingerprint density at radius 1 is 1.03 bits per heavy atom. The zero-order valence-electron chi connectivity index (χ0n) is 18.3. The molecule has 1 saturated heterocycles. The molecular weight excluding hydrogens is 422 g/mol. The number of benzene rings is 3. The van der Waals surface area contributed by atoms with Crippen LogP contribution in [0.25, 0.3) is 16.5 Å². The Balaban J connectivity index is 1.92. The molecule has 3 aromatic carbocycles. The van der Waals surface area contributed by atoms with E-state index in [2.05, 4.69) is 0 Å². The predicted molar refractivity (Wildman–Crippen MR) is 123 cm³/mol. The van der Waals surface area contributed by atoms with Crippen molar-refractivity contribution in [1.29, 1.82) is 0 Å². The van der Waals surface area contributed by atoms with E-state index < -0.39 is 23.7 Å². The molecular formula is C26H23NO6. The van der Waals surface area contributed by atoms with Crippen molar-refractivity contribution in [2.45, 2.75) is 13.0 Å². The Kier molecular flexibility index (Phi) is 6.24. The Morgan fingerprint density at radius 3 is 2.52 bits per heavy atom. The van der Waals surface area contributed by atoms with E-state index in [1.807, 2.05) is 30.3 Å². The summed E-state index contributed by atoms with van der Waals surface area (Å²) >= 11 is 0. The Morgan fingerprint density at radius 2 is 1.76 bits per heavy atom. The van der Waals surface area contributed by atoms with Gasteiger partial charge in [0.05, 0.1) is 18.2 Å². The third-order valence-electron chi connectivity index (χ3n) is 5.56. The minimum atomic E-state index is -0.866. The minimum absolute atomic E-state index is 0.0209. The van der Waals surface area contributed by atoms with Crippen molar-refractivity contribution in [3.63, 3.8) is 0 Å². The van der Waals surface area contributed by atoms with Gasteiger partial charge in [-0.3, -0.25) is 14.4 Å². The number of hydrogen-bond acceptors (Lipinski definition) is 6. The number of esters is 1. The van der Waals surface area contributed by atoms with Gasteiger partial charge in [-0.25, -0.2) is 0 Å². The maximum atomic E-state index is 13.1. The van der Waals surface area contributed by atoms with Gasteiger partial charge in [0, 0.05) is 26.1 Å². The van der Waals surface area contributed by atoms with Crippen LogP contribution in [0.2, 0.25) is 0 Å². The lowest BCUT2D eigenvalue weighted by Gasteiger charge is -2.25. The lowest BCUT2D eigenvalue weighted by atomic mass is 9.93. The number of ketones is 1. The number of carbonyl (C=O) groups excluding carboxylic acids is 3. The quantitative estimate of drug-likeness (QED) is 0.204. The molecule has 3 aromatic rings. The first-order chi connectivity index (χ1) is 15.9. The van der Waals surface area contributed by atoms with Crippen molar-refractivity contribution >= 4 is 34.2 Å². The van der Waals surface area contributed by atoms with E-state index in [1.165, 1.54) is 18.9 Å². The van der Waals surface area contributed by atoms with E-state index >= 15 is 0 Å². The second-order valence-corrected chi connectivity index (χ2v) is 7.68. The molecule has 168 valence electrons. The third kappa shape index (κ3) is 4.23. The number of carbonyl (C=O) groups is 3. The summed E-state index contributed by atoms with van der Waals surface area (Å²) in [6.07, 6.45) is 0. The number of methoxy groups -OCH3 is 1. The van der Waals surface area contributed by atoms with Gasteiger partial charge in [0.15, 0.2) is 0 Å². The Hall–Kier alpha value is -3.97. The summed E-state index contributed by atoms with van der Waals surface area (Å²) in [5.41, 5.74) is 0.970. The summed E-state index contributed by atoms with van der Waals surface area (Å²) in [7, 11) is 1.50. The van der Waals surface area contributed by atoms with E-state index in [9.17, 15) is 19.5 Å². The van der Waals surface area contributed by atoms with Crippen molar-refractivity contribution in [1.82, 2.24) is 4.90 Å². The topological polar surface area (TPSA) is 93.1 Å². The number of likely N-dealkylation sites (tertiary alicyclic amines) is 1. The standard InChI is InChI=1S/C26H23NO6/c1-16(28)33-19-10-5-9-18(15-19)23-22(25(30)26(31)27(23)13-14-32-2)24(29)21-12-6-8-17-7-3-4-11-20(17)21/h3-12,15,23,29H,13-14H2,1-2H3/b24-22-. The van der Waals surface area contributed by atoms with Crippen molar-refractivity contribution in [2.24, 2.45) is 0 Å². The van der Waals surface area contributed by atoms with Crippen LogP contribution in [0.4, 0.5) is 0 Å². The fraction of sp³-hybridized carbons (Fsp3) is 0.192. The molecule has 33 heavy (non-hydrogen) atoms. The van der Waals surface area contributed by atoms with Gasteiger partial charge in [-0.05, 0) is 28.5 Å². The number of aliphatic hydroxyl groups is 1. The van der Waals surface area contributed by atoms with Crippen LogP contribution >= 0.6 is 0 Å². The van der Waals surface area contributed by atoms with Crippen LogP contribution in [-0.2, 0) is 19.1 Å². The second kappa shape index (κ2) is 9.26. The Bertz CT molecular complexity index is 1270. The van der Waals surface area contributed by atoms with E-state index in [1.54, 1.807) is 36.4 Å². The van der Waals surface area contributed by atoms with Crippen molar-refractivity contribution in [2.75, 3.05) is 20.3 Å². The predicted octanol–water partition coefficient (Wildman–Crippen LogP) is 3.83. The first kappa shape index (κ1) is 22.2. The lowest BCUT2D eigenvalue weighted by Crippen LogP contribution is -2.32. The summed E-state index contributed by atoms with van der Waals surface area (Å²) in [6, 6.07) is 18.6. The number of Topliss-reactive ketones (excluding diaryl/α,β-unsaturated/α-hetero) is 1. The van der Waals surface area contributed by atoms with Crippen LogP contribution in [0.3, 0.4) is 0 Å². The van der Waals surface area contributed by atoms with Crippen LogP contribution in [0, 0.1) is 0 Å². The molecule has 0 aromatic heterocycles. The molecule has 0 aliphatic carbocycles. The summed E-state index contributed by atoms with van der Waals surface area (Å²) < 4.78 is 10.3. The Labute approximate surface area is 190 Å². The van der Waals surface area contributed by atoms with Gasteiger partial charge < -0.3 is 19.5 Å². The van der Waals surface area contributed by atoms with Gasteiger partial charge in [-0.1, -0.05) is 54.6 Å². The number of hydrogen-bond donors (Lipinski definition) is 1. The molecule has 0 spiro atoms. The van der Waals surface area contributed by atoms with Crippen LogP contribution in [0.15, 0.2) is 72.3 Å². The average molecular weight is 445 g/mol. The van der Waals surface area contributed by atoms with Crippen LogP contribution < -0.4 is 4.74 Å². The molecule has 1 atom stereocenters. The number of aliphatic hydroxyl groups excluding tert-OH is 1. The van der Waals surface area contributed by atoms with Gasteiger partial charge >= 0.3 is 5.97 Å². The highest BCUT2D eigenvalue weighted by Crippen LogP contribution is 2.41. The molecule has 1 heterocycles. The normalized spacial score (nSPS) is 17.5. The van der Waals surface area contributed by atoms with Crippen LogP contribution in [0.1, 0.15) is 24.1 Å². The molecule has 1 aliphatic heterocycles. The van der Waals surface area contributed by atoms with Crippen molar-refractivity contribution < 1.29 is 29.0 Å². The number of rotatable bonds is 6. The SMILES string of the molecule is COCCN1C(=O)C(=O)/C(=C(\O)c2cccc3ccccc23)C1c1cccc(OC(C)=O)c1. The third-order valence-corrected chi connectivity index (χ3v) is 5.56. The van der Waals surface area contributed by atoms with Gasteiger partial charge in [-0.15, -0.1) is 0 Å². The summed E-state index contributed by atoms with van der Waals surface area (Å²) in [6.45, 7) is 1.65. The van der Waals surface area contributed by atoms with E-state index in [4.69, 9.17) is 9.47 Å². The van der Waals surface area contributed by atoms with Gasteiger partial charge in [0.1, 0.15) is 11.5 Å². The highest BCUT2D eigenvalue weighted by Gasteiger charge is 2.46. The number of ether oxygens (including phenoxy) is 2. The van der Waals surface area contributed by atoms with Gasteiger partial charge in [0.2, 0.25) is 0 Å². The summed E-state index contributed by atoms with van der Waals surface area (Å²) in [5, 5.41) is 13.0. The molecule has 7 nitrogen and oxygen atoms in total. The molecule has 0 bridgehead atoms. The molecule has 0 saturated carbocycles. The molecule has 1 aliphatic rings. The molecule has 1 fully saturated rings. The van der Waals surface area contributed by atoms with Crippen molar-refractivity contribution in [3.8, 4) is 5.75 Å². The van der Waals surface area contributed by atoms with Crippen molar-refractivity contribution in [3.05, 3.63) is 83.4 Å². The molecule has 1 N–H and O–H groups in total. The first-order valence-electron chi connectivity index (χ1n) is 10.5. The smallest absolute Gasteiger partial charge is 0.308 e. The maximum Gasteiger partial charge on any atom is 0.308 e. The monoisotopic (exact) mass is 445 g/mol. The van der Waals surface area contributed by atoms with Gasteiger partial charge in [0.25, 0.3) is 11.7 Å². The zero-order valence-corrected chi connectivity index (χ0v) is 18.3. The maximum absolute atomic E-state index is 13.1. The second-order valence-electron chi connectivity index (χ2n) is 7.68. The molecule has 0 radical (unpaired) electrons. The van der Waals surface area contributed by atoms with E-state index in [-0.39, 0.29) is 30.2 Å². The zero-order chi connectivity index (χ0) is 23.5. The molecule has 1 unspecified atom stereocenters. The van der Waals surface area contributed by atoms with E-state index in [0.717, 1.165) is 10.8 Å². The van der Waals surface area contributed by atoms with Crippen LogP contribution in [-0.4, -0.2) is 47.9 Å². The van der Waals surface area contributed by atoms with E-state index in [0.29, 0.717) is 11.1 Å². The molecule has 1 amide bonds. The van der Waals surface area contributed by atoms with Gasteiger partial charge in [-0.2, -0.15) is 0 Å². The fourth-order valence-corrected chi connectivity index (χ4v) is 4.14. The summed E-state index contributed by atoms with van der Waals surface area (Å²) in [4.78, 5) is 38.9. The number of nitrogens with zero attached hydrogens (tertiary/aromatic N) is 1. The first-order valence-corrected chi connectivity index (χ1v) is 10.5. The lowest BCUT2D eigenvalue weighted by molar-refractivity contribution is -0.140. The highest BCUT2D eigenvalue weighted by molar-refractivity contribution is 6.46. The number of fused-ring (bicyclic) bond motifs is 1. The highest BCUT2D eigenvalue weighted by atomic mass is 16.5. The summed E-state index contributed by atoms with van der Waals surface area (Å²) in [5.74, 6) is -1.97. The fourth-order valence-electron chi connectivity index (χ4n) is 4.14.